The lowest BCUT2D eigenvalue weighted by Crippen LogP contribution is -2.43. The Morgan fingerprint density at radius 1 is 1.09 bits per heavy atom. The summed E-state index contributed by atoms with van der Waals surface area (Å²) in [5, 5.41) is 0. The predicted octanol–water partition coefficient (Wildman–Crippen LogP) is 3.06. The molecule has 2 rings (SSSR count). The highest BCUT2D eigenvalue weighted by atomic mass is 16.2. The van der Waals surface area contributed by atoms with E-state index in [-0.39, 0.29) is 18.4 Å². The third-order valence-corrected chi connectivity index (χ3v) is 4.50. The zero-order valence-corrected chi connectivity index (χ0v) is 13.9. The molecule has 22 heavy (non-hydrogen) atoms. The highest BCUT2D eigenvalue weighted by molar-refractivity contribution is 5.98. The number of benzene rings is 1. The van der Waals surface area contributed by atoms with Crippen molar-refractivity contribution < 1.29 is 9.59 Å². The largest absolute Gasteiger partial charge is 0.341 e. The number of hydrogen-bond donors (Lipinski definition) is 0. The molecule has 0 aromatic heterocycles. The third kappa shape index (κ3) is 3.87. The van der Waals surface area contributed by atoms with Gasteiger partial charge in [-0.2, -0.15) is 0 Å². The molecule has 0 saturated carbocycles. The molecule has 0 spiro atoms. The molecule has 1 saturated heterocycles. The Morgan fingerprint density at radius 2 is 1.73 bits per heavy atom. The van der Waals surface area contributed by atoms with Crippen molar-refractivity contribution >= 4 is 17.5 Å². The Kier molecular flexibility index (Phi) is 5.58. The summed E-state index contributed by atoms with van der Waals surface area (Å²) in [6.07, 6.45) is 4.51. The van der Waals surface area contributed by atoms with Crippen LogP contribution in [0.3, 0.4) is 0 Å². The van der Waals surface area contributed by atoms with Gasteiger partial charge in [0.25, 0.3) is 0 Å². The van der Waals surface area contributed by atoms with Crippen molar-refractivity contribution in [2.24, 2.45) is 0 Å². The molecule has 0 atom stereocenters. The summed E-state index contributed by atoms with van der Waals surface area (Å²) in [5.74, 6) is -0.0325. The Bertz CT molecular complexity index is 546. The molecule has 0 radical (unpaired) electrons. The molecular formula is C18H26N2O2. The summed E-state index contributed by atoms with van der Waals surface area (Å²) < 4.78 is 0. The van der Waals surface area contributed by atoms with Crippen molar-refractivity contribution in [2.75, 3.05) is 24.5 Å². The van der Waals surface area contributed by atoms with Crippen molar-refractivity contribution in [2.45, 2.75) is 46.5 Å². The van der Waals surface area contributed by atoms with Crippen LogP contribution >= 0.6 is 0 Å². The van der Waals surface area contributed by atoms with Crippen LogP contribution in [0.4, 0.5) is 5.69 Å². The van der Waals surface area contributed by atoms with Gasteiger partial charge in [-0.3, -0.25) is 9.59 Å². The van der Waals surface area contributed by atoms with Gasteiger partial charge in [-0.15, -0.1) is 0 Å². The van der Waals surface area contributed by atoms with E-state index in [4.69, 9.17) is 0 Å². The van der Waals surface area contributed by atoms with Crippen LogP contribution in [-0.2, 0) is 9.59 Å². The molecule has 1 aliphatic rings. The Morgan fingerprint density at radius 3 is 2.32 bits per heavy atom. The van der Waals surface area contributed by atoms with E-state index >= 15 is 0 Å². The maximum atomic E-state index is 12.6. The van der Waals surface area contributed by atoms with Crippen LogP contribution in [0.25, 0.3) is 0 Å². The molecule has 1 fully saturated rings. The first-order valence-corrected chi connectivity index (χ1v) is 8.13. The molecule has 1 aliphatic heterocycles. The van der Waals surface area contributed by atoms with Crippen molar-refractivity contribution in [3.8, 4) is 0 Å². The first-order valence-electron chi connectivity index (χ1n) is 8.13. The average Bonchev–Trinajstić information content (AvgIpc) is 2.76. The topological polar surface area (TPSA) is 40.6 Å². The number of amides is 2. The SMILES string of the molecule is CC(=O)N(CC(=O)N1CCCCCC1)c1cccc(C)c1C. The number of likely N-dealkylation sites (tertiary alicyclic amines) is 1. The van der Waals surface area contributed by atoms with E-state index in [1.807, 2.05) is 36.9 Å². The summed E-state index contributed by atoms with van der Waals surface area (Å²) in [6.45, 7) is 7.32. The molecule has 4 nitrogen and oxygen atoms in total. The van der Waals surface area contributed by atoms with Crippen LogP contribution in [0.2, 0.25) is 0 Å². The number of nitrogens with zero attached hydrogens (tertiary/aromatic N) is 2. The van der Waals surface area contributed by atoms with Crippen LogP contribution in [0, 0.1) is 13.8 Å². The first-order chi connectivity index (χ1) is 10.5. The van der Waals surface area contributed by atoms with Gasteiger partial charge in [0, 0.05) is 25.7 Å². The fourth-order valence-electron chi connectivity index (χ4n) is 2.95. The van der Waals surface area contributed by atoms with Gasteiger partial charge in [-0.1, -0.05) is 25.0 Å². The normalized spacial score (nSPS) is 15.3. The van der Waals surface area contributed by atoms with Gasteiger partial charge >= 0.3 is 0 Å². The molecule has 4 heteroatoms. The molecule has 120 valence electrons. The lowest BCUT2D eigenvalue weighted by atomic mass is 10.1. The molecule has 0 N–H and O–H groups in total. The van der Waals surface area contributed by atoms with E-state index in [2.05, 4.69) is 0 Å². The Balaban J connectivity index is 2.16. The predicted molar refractivity (Wildman–Crippen MR) is 89.0 cm³/mol. The number of anilines is 1. The van der Waals surface area contributed by atoms with Gasteiger partial charge in [0.2, 0.25) is 11.8 Å². The van der Waals surface area contributed by atoms with Crippen LogP contribution in [-0.4, -0.2) is 36.3 Å². The molecule has 0 bridgehead atoms. The maximum absolute atomic E-state index is 12.6. The van der Waals surface area contributed by atoms with Crippen molar-refractivity contribution in [1.82, 2.24) is 4.90 Å². The van der Waals surface area contributed by atoms with E-state index in [9.17, 15) is 9.59 Å². The van der Waals surface area contributed by atoms with E-state index in [1.165, 1.54) is 19.8 Å². The fraction of sp³-hybridized carbons (Fsp3) is 0.556. The zero-order chi connectivity index (χ0) is 16.1. The zero-order valence-electron chi connectivity index (χ0n) is 13.9. The standard InChI is InChI=1S/C18H26N2O2/c1-14-9-8-10-17(15(14)2)20(16(3)21)13-18(22)19-11-6-4-5-7-12-19/h8-10H,4-7,11-13H2,1-3H3. The van der Waals surface area contributed by atoms with Crippen molar-refractivity contribution in [1.29, 1.82) is 0 Å². The molecular weight excluding hydrogens is 276 g/mol. The number of carbonyl (C=O) groups is 2. The van der Waals surface area contributed by atoms with Crippen LogP contribution in [0.1, 0.15) is 43.7 Å². The van der Waals surface area contributed by atoms with E-state index in [1.54, 1.807) is 4.90 Å². The van der Waals surface area contributed by atoms with Crippen molar-refractivity contribution in [3.63, 3.8) is 0 Å². The maximum Gasteiger partial charge on any atom is 0.242 e. The Labute approximate surface area is 133 Å². The fourth-order valence-corrected chi connectivity index (χ4v) is 2.95. The number of hydrogen-bond acceptors (Lipinski definition) is 2. The van der Waals surface area contributed by atoms with Gasteiger partial charge in [0.1, 0.15) is 6.54 Å². The second-order valence-electron chi connectivity index (χ2n) is 6.12. The summed E-state index contributed by atoms with van der Waals surface area (Å²) in [4.78, 5) is 28.1. The van der Waals surface area contributed by atoms with E-state index in [0.29, 0.717) is 0 Å². The summed E-state index contributed by atoms with van der Waals surface area (Å²) >= 11 is 0. The average molecular weight is 302 g/mol. The second kappa shape index (κ2) is 7.43. The van der Waals surface area contributed by atoms with Crippen LogP contribution in [0.5, 0.6) is 0 Å². The molecule has 1 aromatic rings. The minimum absolute atomic E-state index is 0.0537. The highest BCUT2D eigenvalue weighted by Crippen LogP contribution is 2.23. The smallest absolute Gasteiger partial charge is 0.242 e. The minimum atomic E-state index is -0.0862. The number of aryl methyl sites for hydroxylation is 1. The minimum Gasteiger partial charge on any atom is -0.341 e. The second-order valence-corrected chi connectivity index (χ2v) is 6.12. The summed E-state index contributed by atoms with van der Waals surface area (Å²) in [7, 11) is 0. The molecule has 1 aromatic carbocycles. The monoisotopic (exact) mass is 302 g/mol. The van der Waals surface area contributed by atoms with E-state index in [0.717, 1.165) is 42.7 Å². The van der Waals surface area contributed by atoms with Crippen LogP contribution in [0.15, 0.2) is 18.2 Å². The van der Waals surface area contributed by atoms with Gasteiger partial charge in [0.05, 0.1) is 0 Å². The quantitative estimate of drug-likeness (QED) is 0.861. The van der Waals surface area contributed by atoms with Gasteiger partial charge in [0.15, 0.2) is 0 Å². The molecule has 1 heterocycles. The van der Waals surface area contributed by atoms with Crippen molar-refractivity contribution in [3.05, 3.63) is 29.3 Å². The first kappa shape index (κ1) is 16.5. The highest BCUT2D eigenvalue weighted by Gasteiger charge is 2.22. The lowest BCUT2D eigenvalue weighted by molar-refractivity contribution is -0.131. The number of rotatable bonds is 3. The van der Waals surface area contributed by atoms with Crippen LogP contribution < -0.4 is 4.90 Å². The summed E-state index contributed by atoms with van der Waals surface area (Å²) in [5.41, 5.74) is 3.03. The molecule has 0 unspecified atom stereocenters. The Hall–Kier alpha value is -1.84. The van der Waals surface area contributed by atoms with Gasteiger partial charge in [-0.25, -0.2) is 0 Å². The molecule has 0 aliphatic carbocycles. The molecule has 2 amide bonds. The van der Waals surface area contributed by atoms with Gasteiger partial charge in [-0.05, 0) is 43.9 Å². The lowest BCUT2D eigenvalue weighted by Gasteiger charge is -2.27. The van der Waals surface area contributed by atoms with Gasteiger partial charge < -0.3 is 9.80 Å². The number of carbonyl (C=O) groups excluding carboxylic acids is 2. The summed E-state index contributed by atoms with van der Waals surface area (Å²) in [6, 6.07) is 5.87. The third-order valence-electron chi connectivity index (χ3n) is 4.50. The van der Waals surface area contributed by atoms with E-state index < -0.39 is 0 Å².